The van der Waals surface area contributed by atoms with Crippen LogP contribution in [0.2, 0.25) is 5.02 Å². The van der Waals surface area contributed by atoms with Crippen molar-refractivity contribution in [2.45, 2.75) is 42.0 Å². The molecule has 5 atom stereocenters. The van der Waals surface area contributed by atoms with Crippen LogP contribution >= 0.6 is 34.7 Å². The fraction of sp³-hybridized carbons (Fsp3) is 0.385. The van der Waals surface area contributed by atoms with Gasteiger partial charge in [-0.2, -0.15) is 0 Å². The van der Waals surface area contributed by atoms with Crippen molar-refractivity contribution in [3.05, 3.63) is 73.7 Å². The molecule has 0 spiro atoms. The largest absolute Gasteiger partial charge is 0.497 e. The fourth-order valence-corrected chi connectivity index (χ4v) is 9.43. The Bertz CT molecular complexity index is 1280. The number of rotatable bonds is 5. The number of hydrogen-bond acceptors (Lipinski definition) is 5. The number of anilines is 1. The maximum atomic E-state index is 13.2. The van der Waals surface area contributed by atoms with Crippen molar-refractivity contribution in [1.82, 2.24) is 4.57 Å². The molecule has 6 rings (SSSR count). The molecule has 1 amide bonds. The molecule has 1 aromatic heterocycles. The molecular weight excluding hydrogens is 488 g/mol. The van der Waals surface area contributed by atoms with E-state index in [4.69, 9.17) is 16.3 Å². The van der Waals surface area contributed by atoms with Gasteiger partial charge in [-0.1, -0.05) is 35.1 Å². The molecule has 2 bridgehead atoms. The van der Waals surface area contributed by atoms with Crippen molar-refractivity contribution < 1.29 is 9.53 Å². The number of nitrogens with one attached hydrogen (secondary N) is 1. The topological polar surface area (TPSA) is 60.3 Å². The van der Waals surface area contributed by atoms with E-state index in [1.807, 2.05) is 23.9 Å². The molecule has 8 heteroatoms. The number of nitrogens with zero attached hydrogens (tertiary/aromatic N) is 1. The van der Waals surface area contributed by atoms with Crippen LogP contribution in [0.1, 0.15) is 35.6 Å². The molecule has 2 aromatic carbocycles. The number of amides is 1. The Morgan fingerprint density at radius 3 is 2.59 bits per heavy atom. The van der Waals surface area contributed by atoms with Crippen LogP contribution in [0.5, 0.6) is 5.75 Å². The van der Waals surface area contributed by atoms with Crippen LogP contribution in [-0.2, 0) is 11.3 Å². The molecule has 4 unspecified atom stereocenters. The van der Waals surface area contributed by atoms with Gasteiger partial charge >= 0.3 is 4.87 Å². The Morgan fingerprint density at radius 2 is 1.85 bits per heavy atom. The number of ether oxygens (including phenoxy) is 1. The summed E-state index contributed by atoms with van der Waals surface area (Å²) in [5, 5.41) is 5.11. The van der Waals surface area contributed by atoms with Crippen molar-refractivity contribution >= 4 is 46.3 Å². The summed E-state index contributed by atoms with van der Waals surface area (Å²) < 4.78 is 6.87. The number of halogens is 1. The summed E-state index contributed by atoms with van der Waals surface area (Å²) in [5.41, 5.74) is 1.91. The maximum absolute atomic E-state index is 13.2. The molecule has 0 saturated heterocycles. The standard InChI is InChI=1S/C26H25ClN2O3S2/c1-32-19-10-8-18(9-11-19)28-20(30)13-29-25-24(34-26(29)31)21(14-4-6-17(27)7-5-14)22-15-2-3-16(12-15)23(22)33-25/h4-11,15-16,21-23H,2-3,12-13H2,1H3,(H,28,30)/t15?,16?,21-,22?,23?/m0/s1. The Kier molecular flexibility index (Phi) is 5.74. The smallest absolute Gasteiger partial charge is 0.308 e. The second kappa shape index (κ2) is 8.77. The summed E-state index contributed by atoms with van der Waals surface area (Å²) in [6, 6.07) is 15.3. The zero-order valence-corrected chi connectivity index (χ0v) is 21.1. The fourth-order valence-electron chi connectivity index (χ4n) is 6.15. The third kappa shape index (κ3) is 3.78. The predicted octanol–water partition coefficient (Wildman–Crippen LogP) is 5.86. The van der Waals surface area contributed by atoms with Crippen LogP contribution in [0, 0.1) is 17.8 Å². The maximum Gasteiger partial charge on any atom is 0.308 e. The van der Waals surface area contributed by atoms with Gasteiger partial charge in [0.05, 0.1) is 12.1 Å². The molecule has 1 N–H and O–H groups in total. The summed E-state index contributed by atoms with van der Waals surface area (Å²) in [6.45, 7) is 0.0164. The first-order chi connectivity index (χ1) is 16.5. The average molecular weight is 513 g/mol. The van der Waals surface area contributed by atoms with Crippen LogP contribution < -0.4 is 14.9 Å². The molecule has 3 aliphatic rings. The first-order valence-electron chi connectivity index (χ1n) is 11.6. The summed E-state index contributed by atoms with van der Waals surface area (Å²) in [5.74, 6) is 2.66. The number of thiazole rings is 1. The number of benzene rings is 2. The molecule has 176 valence electrons. The number of methoxy groups -OCH3 is 1. The monoisotopic (exact) mass is 512 g/mol. The molecule has 2 saturated carbocycles. The van der Waals surface area contributed by atoms with E-state index in [0.717, 1.165) is 20.7 Å². The molecule has 5 nitrogen and oxygen atoms in total. The number of fused-ring (bicyclic) bond motifs is 6. The van der Waals surface area contributed by atoms with Gasteiger partial charge in [0.25, 0.3) is 0 Å². The van der Waals surface area contributed by atoms with E-state index in [-0.39, 0.29) is 23.2 Å². The van der Waals surface area contributed by atoms with Crippen molar-refractivity contribution in [3.8, 4) is 5.75 Å². The first kappa shape index (κ1) is 22.3. The lowest BCUT2D eigenvalue weighted by Crippen LogP contribution is -2.34. The van der Waals surface area contributed by atoms with Gasteiger partial charge < -0.3 is 10.1 Å². The van der Waals surface area contributed by atoms with Gasteiger partial charge in [-0.05, 0) is 79.0 Å². The molecule has 2 fully saturated rings. The summed E-state index contributed by atoms with van der Waals surface area (Å²) in [4.78, 5) is 27.1. The van der Waals surface area contributed by atoms with E-state index in [0.29, 0.717) is 28.7 Å². The predicted molar refractivity (Wildman–Crippen MR) is 137 cm³/mol. The summed E-state index contributed by atoms with van der Waals surface area (Å²) >= 11 is 9.34. The second-order valence-electron chi connectivity index (χ2n) is 9.42. The number of thioether (sulfide) groups is 1. The van der Waals surface area contributed by atoms with Crippen LogP contribution in [0.25, 0.3) is 0 Å². The first-order valence-corrected chi connectivity index (χ1v) is 13.7. The minimum atomic E-state index is -0.202. The Hall–Kier alpha value is -2.22. The third-order valence-electron chi connectivity index (χ3n) is 7.60. The minimum Gasteiger partial charge on any atom is -0.497 e. The summed E-state index contributed by atoms with van der Waals surface area (Å²) in [7, 11) is 1.61. The number of hydrogen-bond donors (Lipinski definition) is 1. The van der Waals surface area contributed by atoms with E-state index < -0.39 is 0 Å². The minimum absolute atomic E-state index is 0.0164. The lowest BCUT2D eigenvalue weighted by Gasteiger charge is -2.40. The van der Waals surface area contributed by atoms with Crippen LogP contribution in [0.15, 0.2) is 58.4 Å². The highest BCUT2D eigenvalue weighted by Crippen LogP contribution is 2.64. The van der Waals surface area contributed by atoms with Crippen LogP contribution in [-0.4, -0.2) is 22.8 Å². The summed E-state index contributed by atoms with van der Waals surface area (Å²) in [6.07, 6.45) is 3.84. The Balaban J connectivity index is 1.33. The van der Waals surface area contributed by atoms with Gasteiger partial charge in [-0.25, -0.2) is 0 Å². The van der Waals surface area contributed by atoms with Crippen molar-refractivity contribution in [2.75, 3.05) is 12.4 Å². The van der Waals surface area contributed by atoms with Gasteiger partial charge in [-0.15, -0.1) is 11.8 Å². The van der Waals surface area contributed by atoms with Gasteiger partial charge in [-0.3, -0.25) is 14.2 Å². The quantitative estimate of drug-likeness (QED) is 0.465. The van der Waals surface area contributed by atoms with Crippen LogP contribution in [0.4, 0.5) is 5.69 Å². The highest BCUT2D eigenvalue weighted by Gasteiger charge is 2.55. The van der Waals surface area contributed by atoms with Gasteiger partial charge in [0.1, 0.15) is 12.3 Å². The van der Waals surface area contributed by atoms with E-state index >= 15 is 0 Å². The lowest BCUT2D eigenvalue weighted by molar-refractivity contribution is -0.116. The van der Waals surface area contributed by atoms with E-state index in [9.17, 15) is 9.59 Å². The zero-order chi connectivity index (χ0) is 23.4. The van der Waals surface area contributed by atoms with Crippen molar-refractivity contribution in [3.63, 3.8) is 0 Å². The molecular formula is C26H25ClN2O3S2. The molecule has 2 heterocycles. The van der Waals surface area contributed by atoms with E-state index in [2.05, 4.69) is 17.4 Å². The van der Waals surface area contributed by atoms with Gasteiger partial charge in [0, 0.05) is 26.8 Å². The molecule has 1 aliphatic heterocycles. The lowest BCUT2D eigenvalue weighted by atomic mass is 9.75. The Morgan fingerprint density at radius 1 is 1.12 bits per heavy atom. The van der Waals surface area contributed by atoms with Gasteiger partial charge in [0.2, 0.25) is 5.91 Å². The third-order valence-corrected chi connectivity index (χ3v) is 10.7. The number of carbonyl (C=O) groups excluding carboxylic acids is 1. The highest BCUT2D eigenvalue weighted by atomic mass is 35.5. The van der Waals surface area contributed by atoms with Crippen molar-refractivity contribution in [1.29, 1.82) is 0 Å². The number of aromatic nitrogens is 1. The highest BCUT2D eigenvalue weighted by molar-refractivity contribution is 8.00. The normalized spacial score (nSPS) is 26.7. The molecule has 2 aliphatic carbocycles. The van der Waals surface area contributed by atoms with Crippen molar-refractivity contribution in [2.24, 2.45) is 17.8 Å². The SMILES string of the molecule is COc1ccc(NC(=O)Cn2c3c(sc2=O)[C@@H](c2ccc(Cl)cc2)C2C4CCC(C4)C2S3)cc1. The van der Waals surface area contributed by atoms with Gasteiger partial charge in [0.15, 0.2) is 0 Å². The molecule has 3 aromatic rings. The Labute approximate surface area is 211 Å². The number of carbonyl (C=O) groups is 1. The van der Waals surface area contributed by atoms with E-state index in [1.54, 1.807) is 35.9 Å². The average Bonchev–Trinajstić information content (AvgIpc) is 3.53. The zero-order valence-electron chi connectivity index (χ0n) is 18.7. The molecule has 34 heavy (non-hydrogen) atoms. The second-order valence-corrected chi connectivity index (χ2v) is 12.0. The molecule has 0 radical (unpaired) electrons. The van der Waals surface area contributed by atoms with E-state index in [1.165, 1.54) is 36.2 Å². The van der Waals surface area contributed by atoms with Crippen LogP contribution in [0.3, 0.4) is 0 Å².